The zero-order valence-electron chi connectivity index (χ0n) is 16.6. The molecule has 1 aromatic rings. The summed E-state index contributed by atoms with van der Waals surface area (Å²) in [5.41, 5.74) is 0.681. The predicted octanol–water partition coefficient (Wildman–Crippen LogP) is 3.06. The number of amides is 2. The molecule has 3 aliphatic heterocycles. The van der Waals surface area contributed by atoms with Crippen LogP contribution in [0, 0.1) is 13.8 Å². The topological polar surface area (TPSA) is 63.0 Å². The minimum absolute atomic E-state index is 0.0654. The molecule has 1 unspecified atom stereocenters. The van der Waals surface area contributed by atoms with Crippen LogP contribution < -0.4 is 0 Å². The zero-order valence-corrected chi connectivity index (χ0v) is 16.6. The van der Waals surface area contributed by atoms with Crippen LogP contribution in [0.4, 0.5) is 0 Å². The smallest absolute Gasteiger partial charge is 0.257 e. The van der Waals surface area contributed by atoms with Crippen molar-refractivity contribution in [1.29, 1.82) is 0 Å². The van der Waals surface area contributed by atoms with Gasteiger partial charge in [0, 0.05) is 32.1 Å². The van der Waals surface area contributed by atoms with E-state index in [4.69, 9.17) is 9.15 Å². The van der Waals surface area contributed by atoms with Crippen LogP contribution in [-0.2, 0) is 9.53 Å². The lowest BCUT2D eigenvalue weighted by atomic mass is 9.98. The van der Waals surface area contributed by atoms with Crippen LogP contribution >= 0.6 is 0 Å². The van der Waals surface area contributed by atoms with Gasteiger partial charge < -0.3 is 19.0 Å². The molecule has 0 saturated carbocycles. The van der Waals surface area contributed by atoms with E-state index in [9.17, 15) is 9.59 Å². The standard InChI is InChI=1S/C21H30N2O4/c1-13-10-20(14(2)26-13)21(25)22-8-6-18(7-9-22)27-19-11-16-4-5-17(12-19)23(16)15(3)24/h10,16-19H,4-9,11-12H2,1-3H3/t16-,17+,19?. The normalized spacial score (nSPS) is 28.6. The highest BCUT2D eigenvalue weighted by molar-refractivity contribution is 5.95. The maximum atomic E-state index is 12.7. The van der Waals surface area contributed by atoms with Gasteiger partial charge in [-0.15, -0.1) is 0 Å². The number of hydrogen-bond donors (Lipinski definition) is 0. The average molecular weight is 374 g/mol. The van der Waals surface area contributed by atoms with E-state index in [0.29, 0.717) is 23.4 Å². The molecule has 0 radical (unpaired) electrons. The molecule has 0 aliphatic carbocycles. The summed E-state index contributed by atoms with van der Waals surface area (Å²) in [6, 6.07) is 2.55. The first-order valence-electron chi connectivity index (χ1n) is 10.2. The molecule has 1 aromatic heterocycles. The highest BCUT2D eigenvalue weighted by atomic mass is 16.5. The van der Waals surface area contributed by atoms with Crippen molar-refractivity contribution in [3.05, 3.63) is 23.2 Å². The first-order chi connectivity index (χ1) is 12.9. The van der Waals surface area contributed by atoms with Crippen LogP contribution in [0.5, 0.6) is 0 Å². The third-order valence-electron chi connectivity index (χ3n) is 6.44. The van der Waals surface area contributed by atoms with Gasteiger partial charge in [0.2, 0.25) is 5.91 Å². The van der Waals surface area contributed by atoms with E-state index in [1.54, 1.807) is 6.92 Å². The number of nitrogens with zero attached hydrogens (tertiary/aromatic N) is 2. The third kappa shape index (κ3) is 3.64. The van der Waals surface area contributed by atoms with Gasteiger partial charge in [-0.1, -0.05) is 0 Å². The predicted molar refractivity (Wildman–Crippen MR) is 101 cm³/mol. The van der Waals surface area contributed by atoms with Gasteiger partial charge in [0.1, 0.15) is 11.5 Å². The Labute approximate surface area is 160 Å². The number of rotatable bonds is 3. The molecule has 0 N–H and O–H groups in total. The Hall–Kier alpha value is -1.82. The van der Waals surface area contributed by atoms with Crippen molar-refractivity contribution in [1.82, 2.24) is 9.80 Å². The molecular formula is C21H30N2O4. The number of likely N-dealkylation sites (tertiary alicyclic amines) is 1. The fourth-order valence-corrected chi connectivity index (χ4v) is 5.23. The quantitative estimate of drug-likeness (QED) is 0.816. The van der Waals surface area contributed by atoms with Crippen LogP contribution in [0.2, 0.25) is 0 Å². The lowest BCUT2D eigenvalue weighted by Gasteiger charge is -2.41. The number of hydrogen-bond acceptors (Lipinski definition) is 4. The Morgan fingerprint density at radius 3 is 2.19 bits per heavy atom. The van der Waals surface area contributed by atoms with E-state index in [1.165, 1.54) is 0 Å². The molecule has 27 heavy (non-hydrogen) atoms. The second-order valence-electron chi connectivity index (χ2n) is 8.36. The number of furan rings is 1. The fraction of sp³-hybridized carbons (Fsp3) is 0.714. The minimum atomic E-state index is 0.0654. The number of carbonyl (C=O) groups excluding carboxylic acids is 2. The molecule has 0 spiro atoms. The largest absolute Gasteiger partial charge is 0.466 e. The Balaban J connectivity index is 1.29. The van der Waals surface area contributed by atoms with Gasteiger partial charge in [-0.05, 0) is 58.4 Å². The molecule has 4 rings (SSSR count). The van der Waals surface area contributed by atoms with Crippen molar-refractivity contribution in [2.24, 2.45) is 0 Å². The Morgan fingerprint density at radius 2 is 1.67 bits per heavy atom. The summed E-state index contributed by atoms with van der Waals surface area (Å²) < 4.78 is 11.9. The molecule has 2 amide bonds. The number of fused-ring (bicyclic) bond motifs is 2. The van der Waals surface area contributed by atoms with Gasteiger partial charge in [-0.25, -0.2) is 0 Å². The van der Waals surface area contributed by atoms with E-state index in [-0.39, 0.29) is 24.0 Å². The lowest BCUT2D eigenvalue weighted by molar-refractivity contribution is -0.138. The SMILES string of the molecule is CC(=O)N1[C@@H]2CC[C@H]1CC(OC1CCN(C(=O)c3cc(C)oc3C)CC1)C2. The van der Waals surface area contributed by atoms with Gasteiger partial charge in [-0.2, -0.15) is 0 Å². The van der Waals surface area contributed by atoms with Crippen molar-refractivity contribution < 1.29 is 18.7 Å². The number of piperidine rings is 2. The van der Waals surface area contributed by atoms with Gasteiger partial charge in [0.15, 0.2) is 0 Å². The van der Waals surface area contributed by atoms with Crippen LogP contribution in [0.15, 0.2) is 10.5 Å². The molecule has 6 heteroatoms. The Bertz CT molecular complexity index is 706. The molecule has 148 valence electrons. The van der Waals surface area contributed by atoms with Crippen LogP contribution in [0.1, 0.15) is 67.3 Å². The van der Waals surface area contributed by atoms with Gasteiger partial charge in [0.05, 0.1) is 17.8 Å². The molecule has 0 aromatic carbocycles. The minimum Gasteiger partial charge on any atom is -0.466 e. The summed E-state index contributed by atoms with van der Waals surface area (Å²) in [4.78, 5) is 28.5. The van der Waals surface area contributed by atoms with Crippen molar-refractivity contribution >= 4 is 11.8 Å². The highest BCUT2D eigenvalue weighted by Gasteiger charge is 2.43. The maximum Gasteiger partial charge on any atom is 0.257 e. The van der Waals surface area contributed by atoms with Crippen molar-refractivity contribution in [2.45, 2.75) is 83.6 Å². The summed E-state index contributed by atoms with van der Waals surface area (Å²) in [6.07, 6.45) is 6.37. The van der Waals surface area contributed by atoms with Gasteiger partial charge >= 0.3 is 0 Å². The van der Waals surface area contributed by atoms with Crippen LogP contribution in [0.3, 0.4) is 0 Å². The van der Waals surface area contributed by atoms with E-state index in [0.717, 1.165) is 57.4 Å². The average Bonchev–Trinajstić information content (AvgIpc) is 3.11. The first-order valence-corrected chi connectivity index (χ1v) is 10.2. The molecular weight excluding hydrogens is 344 g/mol. The van der Waals surface area contributed by atoms with E-state index >= 15 is 0 Å². The van der Waals surface area contributed by atoms with Crippen molar-refractivity contribution in [3.8, 4) is 0 Å². The highest BCUT2D eigenvalue weighted by Crippen LogP contribution is 2.37. The van der Waals surface area contributed by atoms with Crippen LogP contribution in [0.25, 0.3) is 0 Å². The van der Waals surface area contributed by atoms with E-state index in [2.05, 4.69) is 4.90 Å². The molecule has 2 bridgehead atoms. The monoisotopic (exact) mass is 374 g/mol. The van der Waals surface area contributed by atoms with Gasteiger partial charge in [0.25, 0.3) is 5.91 Å². The summed E-state index contributed by atoms with van der Waals surface area (Å²) in [6.45, 7) is 6.85. The third-order valence-corrected chi connectivity index (χ3v) is 6.44. The molecule has 6 nitrogen and oxygen atoms in total. The number of ether oxygens (including phenoxy) is 1. The number of aryl methyl sites for hydroxylation is 2. The van der Waals surface area contributed by atoms with E-state index in [1.807, 2.05) is 24.8 Å². The summed E-state index contributed by atoms with van der Waals surface area (Å²) in [5, 5.41) is 0. The van der Waals surface area contributed by atoms with E-state index < -0.39 is 0 Å². The first kappa shape index (κ1) is 18.5. The summed E-state index contributed by atoms with van der Waals surface area (Å²) >= 11 is 0. The lowest BCUT2D eigenvalue weighted by Crippen LogP contribution is -2.49. The Morgan fingerprint density at radius 1 is 1.04 bits per heavy atom. The molecule has 3 fully saturated rings. The zero-order chi connectivity index (χ0) is 19.1. The second-order valence-corrected chi connectivity index (χ2v) is 8.36. The van der Waals surface area contributed by atoms with Crippen molar-refractivity contribution in [2.75, 3.05) is 13.1 Å². The van der Waals surface area contributed by atoms with Crippen molar-refractivity contribution in [3.63, 3.8) is 0 Å². The summed E-state index contributed by atoms with van der Waals surface area (Å²) in [7, 11) is 0. The fourth-order valence-electron chi connectivity index (χ4n) is 5.23. The maximum absolute atomic E-state index is 12.7. The second kappa shape index (κ2) is 7.30. The summed E-state index contributed by atoms with van der Waals surface area (Å²) in [5.74, 6) is 1.75. The molecule has 3 saturated heterocycles. The Kier molecular flexibility index (Phi) is 5.01. The molecule has 4 heterocycles. The number of carbonyl (C=O) groups is 2. The molecule has 3 aliphatic rings. The molecule has 3 atom stereocenters. The van der Waals surface area contributed by atoms with Crippen LogP contribution in [-0.4, -0.2) is 59.0 Å². The van der Waals surface area contributed by atoms with Gasteiger partial charge in [-0.3, -0.25) is 9.59 Å².